The zero-order valence-electron chi connectivity index (χ0n) is 15.0. The molecule has 27 heavy (non-hydrogen) atoms. The Labute approximate surface area is 156 Å². The van der Waals surface area contributed by atoms with E-state index in [2.05, 4.69) is 38.6 Å². The molecular weight excluding hydrogens is 338 g/mol. The van der Waals surface area contributed by atoms with Crippen LogP contribution in [-0.4, -0.2) is 26.7 Å². The van der Waals surface area contributed by atoms with E-state index >= 15 is 0 Å². The van der Waals surface area contributed by atoms with Crippen molar-refractivity contribution < 1.29 is 4.74 Å². The van der Waals surface area contributed by atoms with Gasteiger partial charge in [-0.3, -0.25) is 0 Å². The molecule has 0 bridgehead atoms. The first kappa shape index (κ1) is 15.8. The number of hydrogen-bond acceptors (Lipinski definition) is 5. The van der Waals surface area contributed by atoms with Gasteiger partial charge in [0.05, 0.1) is 18.8 Å². The highest BCUT2D eigenvalue weighted by molar-refractivity contribution is 5.65. The topological polar surface area (TPSA) is 64.3 Å². The Bertz CT molecular complexity index is 1110. The van der Waals surface area contributed by atoms with Gasteiger partial charge in [0.25, 0.3) is 5.78 Å². The molecular formula is C21H19N5O. The average molecular weight is 357 g/mol. The zero-order valence-corrected chi connectivity index (χ0v) is 15.0. The Morgan fingerprint density at radius 1 is 1.11 bits per heavy atom. The maximum atomic E-state index is 5.53. The van der Waals surface area contributed by atoms with Crippen molar-refractivity contribution in [3.05, 3.63) is 72.1 Å². The molecule has 0 aliphatic heterocycles. The van der Waals surface area contributed by atoms with Gasteiger partial charge in [0, 0.05) is 11.6 Å². The number of nitrogens with zero attached hydrogens (tertiary/aromatic N) is 4. The molecule has 1 aliphatic carbocycles. The minimum Gasteiger partial charge on any atom is -0.496 e. The highest BCUT2D eigenvalue weighted by Gasteiger charge is 2.26. The van der Waals surface area contributed by atoms with Crippen LogP contribution in [0.4, 0.5) is 5.82 Å². The molecule has 134 valence electrons. The van der Waals surface area contributed by atoms with Crippen molar-refractivity contribution in [1.29, 1.82) is 0 Å². The van der Waals surface area contributed by atoms with Crippen LogP contribution in [0.3, 0.4) is 0 Å². The Morgan fingerprint density at radius 2 is 2.00 bits per heavy atom. The molecule has 1 N–H and O–H groups in total. The second-order valence-electron chi connectivity index (χ2n) is 6.63. The molecule has 1 aliphatic rings. The number of rotatable bonds is 4. The van der Waals surface area contributed by atoms with Gasteiger partial charge in [-0.1, -0.05) is 42.5 Å². The summed E-state index contributed by atoms with van der Waals surface area (Å²) in [5.74, 6) is 2.43. The maximum Gasteiger partial charge on any atom is 0.254 e. The number of nitrogens with one attached hydrogen (secondary N) is 1. The molecule has 6 heteroatoms. The van der Waals surface area contributed by atoms with E-state index in [1.54, 1.807) is 11.6 Å². The molecule has 0 saturated heterocycles. The minimum atomic E-state index is 0.202. The van der Waals surface area contributed by atoms with Crippen molar-refractivity contribution in [2.45, 2.75) is 18.9 Å². The molecule has 2 aromatic carbocycles. The van der Waals surface area contributed by atoms with Gasteiger partial charge in [-0.2, -0.15) is 14.6 Å². The smallest absolute Gasteiger partial charge is 0.254 e. The highest BCUT2D eigenvalue weighted by Crippen LogP contribution is 2.38. The number of methoxy groups -OCH3 is 1. The van der Waals surface area contributed by atoms with E-state index < -0.39 is 0 Å². The monoisotopic (exact) mass is 357 g/mol. The van der Waals surface area contributed by atoms with Crippen LogP contribution < -0.4 is 10.1 Å². The SMILES string of the molecule is COc1cccc2c1CCC2Nc1cc(-c2ccccc2)nc2ncnn12. The van der Waals surface area contributed by atoms with E-state index in [0.717, 1.165) is 35.7 Å². The Hall–Kier alpha value is -3.41. The Morgan fingerprint density at radius 3 is 2.85 bits per heavy atom. The molecule has 0 amide bonds. The fraction of sp³-hybridized carbons (Fsp3) is 0.190. The van der Waals surface area contributed by atoms with Crippen LogP contribution in [-0.2, 0) is 6.42 Å². The van der Waals surface area contributed by atoms with E-state index in [9.17, 15) is 0 Å². The third kappa shape index (κ3) is 2.70. The molecule has 0 fully saturated rings. The molecule has 0 spiro atoms. The van der Waals surface area contributed by atoms with Crippen LogP contribution in [0.25, 0.3) is 17.0 Å². The molecule has 5 rings (SSSR count). The second-order valence-corrected chi connectivity index (χ2v) is 6.63. The number of fused-ring (bicyclic) bond motifs is 2. The van der Waals surface area contributed by atoms with Crippen LogP contribution in [0.2, 0.25) is 0 Å². The fourth-order valence-electron chi connectivity index (χ4n) is 3.81. The summed E-state index contributed by atoms with van der Waals surface area (Å²) in [6, 6.07) is 18.6. The van der Waals surface area contributed by atoms with Gasteiger partial charge in [0.2, 0.25) is 0 Å². The van der Waals surface area contributed by atoms with Crippen LogP contribution in [0.1, 0.15) is 23.6 Å². The van der Waals surface area contributed by atoms with E-state index in [-0.39, 0.29) is 6.04 Å². The van der Waals surface area contributed by atoms with Crippen LogP contribution in [0.15, 0.2) is 60.9 Å². The van der Waals surface area contributed by atoms with E-state index in [1.165, 1.54) is 17.5 Å². The summed E-state index contributed by atoms with van der Waals surface area (Å²) in [6.07, 6.45) is 3.54. The summed E-state index contributed by atoms with van der Waals surface area (Å²) < 4.78 is 7.28. The Balaban J connectivity index is 1.56. The summed E-state index contributed by atoms with van der Waals surface area (Å²) in [6.45, 7) is 0. The molecule has 4 aromatic rings. The summed E-state index contributed by atoms with van der Waals surface area (Å²) >= 11 is 0. The third-order valence-electron chi connectivity index (χ3n) is 5.09. The lowest BCUT2D eigenvalue weighted by Gasteiger charge is -2.17. The second kappa shape index (κ2) is 6.39. The number of ether oxygens (including phenoxy) is 1. The van der Waals surface area contributed by atoms with Gasteiger partial charge < -0.3 is 10.1 Å². The van der Waals surface area contributed by atoms with Gasteiger partial charge in [0.1, 0.15) is 17.9 Å². The summed E-state index contributed by atoms with van der Waals surface area (Å²) in [5.41, 5.74) is 4.49. The summed E-state index contributed by atoms with van der Waals surface area (Å²) in [4.78, 5) is 8.93. The van der Waals surface area contributed by atoms with Gasteiger partial charge >= 0.3 is 0 Å². The number of benzene rings is 2. The predicted octanol–water partition coefficient (Wildman–Crippen LogP) is 3.90. The lowest BCUT2D eigenvalue weighted by molar-refractivity contribution is 0.410. The Kier molecular flexibility index (Phi) is 3.74. The standard InChI is InChI=1S/C21H19N5O/c1-27-19-9-5-8-15-16(19)10-11-17(15)24-20-12-18(14-6-3-2-4-7-14)25-21-22-13-23-26(20)21/h2-9,12-13,17,24H,10-11H2,1H3. The van der Waals surface area contributed by atoms with Gasteiger partial charge in [0.15, 0.2) is 0 Å². The van der Waals surface area contributed by atoms with Gasteiger partial charge in [-0.15, -0.1) is 0 Å². The van der Waals surface area contributed by atoms with E-state index in [0.29, 0.717) is 5.78 Å². The zero-order chi connectivity index (χ0) is 18.2. The molecule has 2 heterocycles. The van der Waals surface area contributed by atoms with Crippen molar-refractivity contribution in [3.63, 3.8) is 0 Å². The first-order chi connectivity index (χ1) is 13.3. The lowest BCUT2D eigenvalue weighted by Crippen LogP contribution is -2.12. The first-order valence-electron chi connectivity index (χ1n) is 9.02. The quantitative estimate of drug-likeness (QED) is 0.600. The molecule has 0 radical (unpaired) electrons. The third-order valence-corrected chi connectivity index (χ3v) is 5.09. The van der Waals surface area contributed by atoms with Crippen molar-refractivity contribution in [1.82, 2.24) is 19.6 Å². The van der Waals surface area contributed by atoms with E-state index in [4.69, 9.17) is 4.74 Å². The largest absolute Gasteiger partial charge is 0.496 e. The van der Waals surface area contributed by atoms with Crippen molar-refractivity contribution in [2.24, 2.45) is 0 Å². The fourth-order valence-corrected chi connectivity index (χ4v) is 3.81. The van der Waals surface area contributed by atoms with Crippen molar-refractivity contribution >= 4 is 11.6 Å². The van der Waals surface area contributed by atoms with Crippen molar-refractivity contribution in [3.8, 4) is 17.0 Å². The highest BCUT2D eigenvalue weighted by atomic mass is 16.5. The van der Waals surface area contributed by atoms with Crippen LogP contribution >= 0.6 is 0 Å². The number of aromatic nitrogens is 4. The summed E-state index contributed by atoms with van der Waals surface area (Å²) in [5, 5.41) is 7.99. The first-order valence-corrected chi connectivity index (χ1v) is 9.02. The maximum absolute atomic E-state index is 5.53. The number of hydrogen-bond donors (Lipinski definition) is 1. The molecule has 0 saturated carbocycles. The van der Waals surface area contributed by atoms with Crippen molar-refractivity contribution in [2.75, 3.05) is 12.4 Å². The average Bonchev–Trinajstić information content (AvgIpc) is 3.36. The molecule has 2 aromatic heterocycles. The van der Waals surface area contributed by atoms with E-state index in [1.807, 2.05) is 36.4 Å². The van der Waals surface area contributed by atoms with Crippen LogP contribution in [0.5, 0.6) is 5.75 Å². The molecule has 6 nitrogen and oxygen atoms in total. The lowest BCUT2D eigenvalue weighted by atomic mass is 10.1. The molecule has 1 unspecified atom stereocenters. The molecule has 1 atom stereocenters. The minimum absolute atomic E-state index is 0.202. The number of anilines is 1. The van der Waals surface area contributed by atoms with Gasteiger partial charge in [-0.05, 0) is 30.0 Å². The van der Waals surface area contributed by atoms with Gasteiger partial charge in [-0.25, -0.2) is 4.98 Å². The van der Waals surface area contributed by atoms with Crippen LogP contribution in [0, 0.1) is 0 Å². The predicted molar refractivity (Wildman–Crippen MR) is 104 cm³/mol. The normalized spacial score (nSPS) is 15.7. The summed E-state index contributed by atoms with van der Waals surface area (Å²) in [7, 11) is 1.73.